The summed E-state index contributed by atoms with van der Waals surface area (Å²) < 4.78 is 16.5. The van der Waals surface area contributed by atoms with Crippen molar-refractivity contribution in [2.24, 2.45) is 5.10 Å². The first kappa shape index (κ1) is 26.0. The third-order valence-corrected chi connectivity index (χ3v) is 6.08. The number of nitrogens with one attached hydrogen (secondary N) is 1. The van der Waals surface area contributed by atoms with Crippen LogP contribution in [0.15, 0.2) is 84.0 Å². The van der Waals surface area contributed by atoms with Crippen molar-refractivity contribution in [3.05, 3.63) is 100 Å². The summed E-state index contributed by atoms with van der Waals surface area (Å²) in [7, 11) is 1.44. The molecule has 4 aromatic rings. The van der Waals surface area contributed by atoms with Crippen LogP contribution in [0.4, 0.5) is 0 Å². The molecule has 0 bridgehead atoms. The molecule has 0 aliphatic heterocycles. The van der Waals surface area contributed by atoms with Gasteiger partial charge >= 0.3 is 5.97 Å². The lowest BCUT2D eigenvalue weighted by atomic mass is 10.1. The number of fused-ring (bicyclic) bond motifs is 1. The van der Waals surface area contributed by atoms with Crippen LogP contribution < -0.4 is 19.6 Å². The highest BCUT2D eigenvalue weighted by atomic mass is 35.5. The summed E-state index contributed by atoms with van der Waals surface area (Å²) in [6.45, 7) is 1.64. The Balaban J connectivity index is 1.36. The molecule has 7 nitrogen and oxygen atoms in total. The summed E-state index contributed by atoms with van der Waals surface area (Å²) in [6, 6.07) is 22.8. The third-order valence-electron chi connectivity index (χ3n) is 5.34. The Hall–Kier alpha value is -4.07. The molecule has 1 atom stereocenters. The van der Waals surface area contributed by atoms with E-state index in [0.717, 1.165) is 10.8 Å². The minimum atomic E-state index is -0.768. The second-order valence-electron chi connectivity index (χ2n) is 7.93. The number of carbonyl (C=O) groups is 2. The largest absolute Gasteiger partial charge is 0.493 e. The molecule has 4 aromatic carbocycles. The van der Waals surface area contributed by atoms with Crippen LogP contribution in [0.2, 0.25) is 10.0 Å². The number of benzene rings is 4. The molecule has 37 heavy (non-hydrogen) atoms. The summed E-state index contributed by atoms with van der Waals surface area (Å²) in [6.07, 6.45) is 0.671. The highest BCUT2D eigenvalue weighted by Crippen LogP contribution is 2.29. The fourth-order valence-electron chi connectivity index (χ4n) is 3.39. The Bertz CT molecular complexity index is 1490. The van der Waals surface area contributed by atoms with Gasteiger partial charge < -0.3 is 14.2 Å². The van der Waals surface area contributed by atoms with E-state index in [1.807, 2.05) is 42.5 Å². The van der Waals surface area contributed by atoms with Gasteiger partial charge in [-0.25, -0.2) is 10.2 Å². The number of methoxy groups -OCH3 is 1. The minimum Gasteiger partial charge on any atom is -0.493 e. The maximum Gasteiger partial charge on any atom is 0.343 e. The van der Waals surface area contributed by atoms with Crippen LogP contribution >= 0.6 is 23.2 Å². The predicted molar refractivity (Wildman–Crippen MR) is 144 cm³/mol. The lowest BCUT2D eigenvalue weighted by molar-refractivity contribution is -0.127. The second-order valence-corrected chi connectivity index (χ2v) is 8.75. The SMILES string of the molecule is COc1cc(/C=N\NC(=O)[C@H](C)Oc2ccc3ccccc3c2)ccc1OC(=O)c1ccc(Cl)c(Cl)c1. The number of halogens is 2. The number of hydrogen-bond donors (Lipinski definition) is 1. The van der Waals surface area contributed by atoms with Crippen molar-refractivity contribution in [2.75, 3.05) is 7.11 Å². The van der Waals surface area contributed by atoms with Crippen LogP contribution in [0.5, 0.6) is 17.2 Å². The zero-order valence-electron chi connectivity index (χ0n) is 19.9. The number of rotatable bonds is 8. The highest BCUT2D eigenvalue weighted by Gasteiger charge is 2.16. The molecule has 1 N–H and O–H groups in total. The average molecular weight is 537 g/mol. The standard InChI is InChI=1S/C28H22Cl2N2O5/c1-17(36-22-10-8-19-5-3-4-6-20(19)14-22)27(33)32-31-16-18-7-12-25(26(13-18)35-2)37-28(34)21-9-11-23(29)24(30)15-21/h3-17H,1-2H3,(H,32,33)/b31-16-/t17-/m0/s1. The summed E-state index contributed by atoms with van der Waals surface area (Å²) in [5, 5.41) is 6.67. The van der Waals surface area contributed by atoms with E-state index in [1.54, 1.807) is 25.1 Å². The molecular formula is C28H22Cl2N2O5. The van der Waals surface area contributed by atoms with Crippen molar-refractivity contribution >= 4 is 52.1 Å². The number of esters is 1. The number of hydrazone groups is 1. The molecule has 0 radical (unpaired) electrons. The van der Waals surface area contributed by atoms with Crippen LogP contribution in [-0.2, 0) is 4.79 Å². The van der Waals surface area contributed by atoms with Gasteiger partial charge in [0.2, 0.25) is 0 Å². The van der Waals surface area contributed by atoms with Crippen molar-refractivity contribution in [1.29, 1.82) is 0 Å². The lowest BCUT2D eigenvalue weighted by Crippen LogP contribution is -2.33. The Morgan fingerprint density at radius 2 is 1.68 bits per heavy atom. The molecule has 4 rings (SSSR count). The smallest absolute Gasteiger partial charge is 0.343 e. The van der Waals surface area contributed by atoms with E-state index in [4.69, 9.17) is 37.4 Å². The van der Waals surface area contributed by atoms with Gasteiger partial charge in [0.05, 0.1) is 28.9 Å². The lowest BCUT2D eigenvalue weighted by Gasteiger charge is -2.13. The number of nitrogens with zero attached hydrogens (tertiary/aromatic N) is 1. The van der Waals surface area contributed by atoms with E-state index in [2.05, 4.69) is 10.5 Å². The number of carbonyl (C=O) groups excluding carboxylic acids is 2. The maximum absolute atomic E-state index is 12.5. The predicted octanol–water partition coefficient (Wildman–Crippen LogP) is 6.29. The normalized spacial score (nSPS) is 11.8. The van der Waals surface area contributed by atoms with Gasteiger partial charge in [-0.05, 0) is 71.8 Å². The number of amides is 1. The van der Waals surface area contributed by atoms with Gasteiger partial charge in [-0.15, -0.1) is 0 Å². The highest BCUT2D eigenvalue weighted by molar-refractivity contribution is 6.42. The molecule has 9 heteroatoms. The second kappa shape index (κ2) is 11.8. The Labute approximate surface area is 223 Å². The summed E-state index contributed by atoms with van der Waals surface area (Å²) in [4.78, 5) is 24.9. The van der Waals surface area contributed by atoms with E-state index in [0.29, 0.717) is 22.1 Å². The molecule has 0 saturated heterocycles. The Kier molecular flexibility index (Phi) is 8.28. The third kappa shape index (κ3) is 6.58. The van der Waals surface area contributed by atoms with Crippen LogP contribution in [0.1, 0.15) is 22.8 Å². The van der Waals surface area contributed by atoms with Crippen LogP contribution in [0.25, 0.3) is 10.8 Å². The molecule has 0 saturated carbocycles. The first-order chi connectivity index (χ1) is 17.8. The van der Waals surface area contributed by atoms with Crippen molar-refractivity contribution < 1.29 is 23.8 Å². The van der Waals surface area contributed by atoms with E-state index < -0.39 is 18.0 Å². The molecule has 0 aliphatic rings. The zero-order chi connectivity index (χ0) is 26.4. The van der Waals surface area contributed by atoms with Gasteiger partial charge in [0.1, 0.15) is 5.75 Å². The molecule has 0 heterocycles. The average Bonchev–Trinajstić information content (AvgIpc) is 2.90. The van der Waals surface area contributed by atoms with Gasteiger partial charge in [-0.2, -0.15) is 5.10 Å². The van der Waals surface area contributed by atoms with E-state index >= 15 is 0 Å². The van der Waals surface area contributed by atoms with Gasteiger partial charge in [0.25, 0.3) is 5.91 Å². The summed E-state index contributed by atoms with van der Waals surface area (Å²) in [5.74, 6) is 0.0597. The molecule has 0 spiro atoms. The van der Waals surface area contributed by atoms with Gasteiger partial charge in [0, 0.05) is 0 Å². The van der Waals surface area contributed by atoms with Crippen LogP contribution in [0, 0.1) is 0 Å². The van der Waals surface area contributed by atoms with Crippen molar-refractivity contribution in [2.45, 2.75) is 13.0 Å². The molecule has 0 unspecified atom stereocenters. The van der Waals surface area contributed by atoms with Gasteiger partial charge in [-0.1, -0.05) is 53.5 Å². The van der Waals surface area contributed by atoms with Crippen molar-refractivity contribution in [1.82, 2.24) is 5.43 Å². The number of ether oxygens (including phenoxy) is 3. The molecular weight excluding hydrogens is 515 g/mol. The Morgan fingerprint density at radius 1 is 0.892 bits per heavy atom. The molecule has 0 aliphatic carbocycles. The fourth-order valence-corrected chi connectivity index (χ4v) is 3.69. The zero-order valence-corrected chi connectivity index (χ0v) is 21.4. The van der Waals surface area contributed by atoms with Crippen LogP contribution in [0.3, 0.4) is 0 Å². The summed E-state index contributed by atoms with van der Waals surface area (Å²) in [5.41, 5.74) is 3.31. The van der Waals surface area contributed by atoms with Gasteiger partial charge in [0.15, 0.2) is 17.6 Å². The van der Waals surface area contributed by atoms with Crippen molar-refractivity contribution in [3.63, 3.8) is 0 Å². The summed E-state index contributed by atoms with van der Waals surface area (Å²) >= 11 is 11.9. The first-order valence-corrected chi connectivity index (χ1v) is 11.9. The Morgan fingerprint density at radius 3 is 2.43 bits per heavy atom. The first-order valence-electron chi connectivity index (χ1n) is 11.2. The molecule has 188 valence electrons. The fraction of sp³-hybridized carbons (Fsp3) is 0.107. The molecule has 0 aromatic heterocycles. The minimum absolute atomic E-state index is 0.206. The van der Waals surface area contributed by atoms with E-state index in [9.17, 15) is 9.59 Å². The monoisotopic (exact) mass is 536 g/mol. The quantitative estimate of drug-likeness (QED) is 0.124. The van der Waals surface area contributed by atoms with E-state index in [1.165, 1.54) is 31.5 Å². The maximum atomic E-state index is 12.5. The van der Waals surface area contributed by atoms with Gasteiger partial charge in [-0.3, -0.25) is 4.79 Å². The topological polar surface area (TPSA) is 86.2 Å². The van der Waals surface area contributed by atoms with Crippen molar-refractivity contribution in [3.8, 4) is 17.2 Å². The number of hydrogen-bond acceptors (Lipinski definition) is 6. The van der Waals surface area contributed by atoms with Crippen LogP contribution in [-0.4, -0.2) is 31.3 Å². The molecule has 1 amide bonds. The molecule has 0 fully saturated rings. The van der Waals surface area contributed by atoms with E-state index in [-0.39, 0.29) is 16.3 Å².